The Morgan fingerprint density at radius 3 is 2.41 bits per heavy atom. The van der Waals surface area contributed by atoms with E-state index >= 15 is 0 Å². The lowest BCUT2D eigenvalue weighted by Crippen LogP contribution is -2.46. The van der Waals surface area contributed by atoms with E-state index in [1.54, 1.807) is 10.4 Å². The minimum Gasteiger partial charge on any atom is -0.304 e. The first-order valence-corrected chi connectivity index (χ1v) is 8.07. The van der Waals surface area contributed by atoms with E-state index in [-0.39, 0.29) is 0 Å². The van der Waals surface area contributed by atoms with Gasteiger partial charge in [0.25, 0.3) is 10.0 Å². The number of hydrogen-bond acceptors (Lipinski definition) is 4. The van der Waals surface area contributed by atoms with Crippen molar-refractivity contribution < 1.29 is 8.42 Å². The van der Waals surface area contributed by atoms with Crippen LogP contribution in [0.1, 0.15) is 11.8 Å². The molecule has 0 radical (unpaired) electrons. The summed E-state index contributed by atoms with van der Waals surface area (Å²) in [7, 11) is -1.23. The van der Waals surface area contributed by atoms with Crippen LogP contribution in [0, 0.1) is 0 Å². The lowest BCUT2D eigenvalue weighted by molar-refractivity contribution is 0.222. The number of hydrogen-bond donors (Lipinski definition) is 0. The molecule has 0 aliphatic carbocycles. The number of aryl methyl sites for hydroxylation is 1. The highest BCUT2D eigenvalue weighted by Gasteiger charge is 2.28. The van der Waals surface area contributed by atoms with Crippen molar-refractivity contribution in [3.8, 4) is 0 Å². The number of rotatable bonds is 3. The molecule has 0 amide bonds. The van der Waals surface area contributed by atoms with Crippen molar-refractivity contribution in [2.75, 3.05) is 33.2 Å². The molecule has 6 heteroatoms. The van der Waals surface area contributed by atoms with E-state index in [0.717, 1.165) is 24.4 Å². The Labute approximate surface area is 107 Å². The van der Waals surface area contributed by atoms with Crippen molar-refractivity contribution in [3.05, 3.63) is 17.0 Å². The maximum absolute atomic E-state index is 12.3. The predicted octanol–water partition coefficient (Wildman–Crippen LogP) is 1.25. The van der Waals surface area contributed by atoms with Crippen LogP contribution < -0.4 is 0 Å². The fourth-order valence-corrected chi connectivity index (χ4v) is 4.71. The number of thiophene rings is 1. The average Bonchev–Trinajstić information content (AvgIpc) is 2.78. The molecule has 0 bridgehead atoms. The van der Waals surface area contributed by atoms with Gasteiger partial charge in [-0.25, -0.2) is 8.42 Å². The zero-order chi connectivity index (χ0) is 12.5. The van der Waals surface area contributed by atoms with Crippen LogP contribution in [-0.2, 0) is 16.4 Å². The van der Waals surface area contributed by atoms with E-state index in [4.69, 9.17) is 0 Å². The molecular weight excluding hydrogens is 256 g/mol. The van der Waals surface area contributed by atoms with E-state index in [1.165, 1.54) is 11.3 Å². The molecular formula is C11H18N2O2S2. The Hall–Kier alpha value is -0.430. The van der Waals surface area contributed by atoms with Gasteiger partial charge in [-0.1, -0.05) is 6.92 Å². The fraction of sp³-hybridized carbons (Fsp3) is 0.636. The quantitative estimate of drug-likeness (QED) is 0.833. The minimum absolute atomic E-state index is 0.485. The third-order valence-corrected chi connectivity index (χ3v) is 6.64. The minimum atomic E-state index is -3.25. The molecule has 0 N–H and O–H groups in total. The van der Waals surface area contributed by atoms with Crippen LogP contribution in [0.5, 0.6) is 0 Å². The van der Waals surface area contributed by atoms with Crippen molar-refractivity contribution >= 4 is 21.4 Å². The highest BCUT2D eigenvalue weighted by Crippen LogP contribution is 2.25. The van der Waals surface area contributed by atoms with Gasteiger partial charge in [0.15, 0.2) is 0 Å². The van der Waals surface area contributed by atoms with Gasteiger partial charge in [0.05, 0.1) is 0 Å². The zero-order valence-electron chi connectivity index (χ0n) is 10.2. The molecule has 0 aromatic carbocycles. The van der Waals surface area contributed by atoms with Crippen LogP contribution >= 0.6 is 11.3 Å². The highest BCUT2D eigenvalue weighted by molar-refractivity contribution is 7.91. The Morgan fingerprint density at radius 1 is 1.24 bits per heavy atom. The van der Waals surface area contributed by atoms with Crippen LogP contribution in [0.15, 0.2) is 16.3 Å². The van der Waals surface area contributed by atoms with E-state index in [0.29, 0.717) is 17.3 Å². The van der Waals surface area contributed by atoms with Crippen molar-refractivity contribution in [3.63, 3.8) is 0 Å². The van der Waals surface area contributed by atoms with Gasteiger partial charge in [0.2, 0.25) is 0 Å². The summed E-state index contributed by atoms with van der Waals surface area (Å²) in [6.07, 6.45) is 0.892. The highest BCUT2D eigenvalue weighted by atomic mass is 32.2. The lowest BCUT2D eigenvalue weighted by Gasteiger charge is -2.31. The molecule has 0 atom stereocenters. The molecule has 0 spiro atoms. The predicted molar refractivity (Wildman–Crippen MR) is 70.0 cm³/mol. The summed E-state index contributed by atoms with van der Waals surface area (Å²) < 4.78 is 26.8. The van der Waals surface area contributed by atoms with Gasteiger partial charge in [0.1, 0.15) is 4.21 Å². The molecule has 17 heavy (non-hydrogen) atoms. The molecule has 2 heterocycles. The van der Waals surface area contributed by atoms with Gasteiger partial charge >= 0.3 is 0 Å². The molecule has 1 fully saturated rings. The molecule has 1 aliphatic rings. The van der Waals surface area contributed by atoms with Gasteiger partial charge in [-0.15, -0.1) is 11.3 Å². The molecule has 1 aromatic heterocycles. The van der Waals surface area contributed by atoms with E-state index in [9.17, 15) is 8.42 Å². The van der Waals surface area contributed by atoms with Crippen molar-refractivity contribution in [1.82, 2.24) is 9.21 Å². The summed E-state index contributed by atoms with van der Waals surface area (Å²) in [4.78, 5) is 3.27. The molecule has 1 aromatic rings. The maximum Gasteiger partial charge on any atom is 0.252 e. The normalized spacial score (nSPS) is 19.6. The van der Waals surface area contributed by atoms with E-state index in [2.05, 4.69) is 4.90 Å². The third kappa shape index (κ3) is 2.70. The number of nitrogens with zero attached hydrogens (tertiary/aromatic N) is 2. The third-order valence-electron chi connectivity index (χ3n) is 3.04. The SMILES string of the molecule is CCc1ccc(S(=O)(=O)N2CCN(C)CC2)s1. The lowest BCUT2D eigenvalue weighted by atomic mass is 10.4. The van der Waals surface area contributed by atoms with Gasteiger partial charge in [0, 0.05) is 31.1 Å². The zero-order valence-corrected chi connectivity index (χ0v) is 11.9. The molecule has 4 nitrogen and oxygen atoms in total. The van der Waals surface area contributed by atoms with Gasteiger partial charge in [-0.2, -0.15) is 4.31 Å². The average molecular weight is 274 g/mol. The first-order valence-electron chi connectivity index (χ1n) is 5.81. The van der Waals surface area contributed by atoms with Gasteiger partial charge < -0.3 is 4.90 Å². The van der Waals surface area contributed by atoms with Crippen LogP contribution in [0.4, 0.5) is 0 Å². The molecule has 2 rings (SSSR count). The monoisotopic (exact) mass is 274 g/mol. The van der Waals surface area contributed by atoms with E-state index in [1.807, 2.05) is 20.0 Å². The van der Waals surface area contributed by atoms with Crippen LogP contribution in [-0.4, -0.2) is 50.8 Å². The smallest absolute Gasteiger partial charge is 0.252 e. The fourth-order valence-electron chi connectivity index (χ4n) is 1.84. The Balaban J connectivity index is 2.18. The van der Waals surface area contributed by atoms with Crippen LogP contribution in [0.3, 0.4) is 0 Å². The molecule has 0 unspecified atom stereocenters. The summed E-state index contributed by atoms with van der Waals surface area (Å²) in [5.41, 5.74) is 0. The maximum atomic E-state index is 12.3. The second-order valence-electron chi connectivity index (χ2n) is 4.28. The summed E-state index contributed by atoms with van der Waals surface area (Å²) in [5, 5.41) is 0. The summed E-state index contributed by atoms with van der Waals surface area (Å²) >= 11 is 1.39. The molecule has 96 valence electrons. The Kier molecular flexibility index (Phi) is 3.87. The van der Waals surface area contributed by atoms with Crippen LogP contribution in [0.2, 0.25) is 0 Å². The first-order chi connectivity index (χ1) is 8.04. The summed E-state index contributed by atoms with van der Waals surface area (Å²) in [5.74, 6) is 0. The van der Waals surface area contributed by atoms with E-state index < -0.39 is 10.0 Å². The largest absolute Gasteiger partial charge is 0.304 e. The summed E-state index contributed by atoms with van der Waals surface area (Å²) in [6.45, 7) is 4.85. The molecule has 1 aliphatic heterocycles. The Bertz CT molecular complexity index is 473. The van der Waals surface area contributed by atoms with Crippen LogP contribution in [0.25, 0.3) is 0 Å². The van der Waals surface area contributed by atoms with Gasteiger partial charge in [-0.05, 0) is 25.6 Å². The van der Waals surface area contributed by atoms with Crippen molar-refractivity contribution in [2.24, 2.45) is 0 Å². The second-order valence-corrected chi connectivity index (χ2v) is 7.61. The Morgan fingerprint density at radius 2 is 1.88 bits per heavy atom. The van der Waals surface area contributed by atoms with Crippen molar-refractivity contribution in [2.45, 2.75) is 17.6 Å². The topological polar surface area (TPSA) is 40.6 Å². The standard InChI is InChI=1S/C11H18N2O2S2/c1-3-10-4-5-11(16-10)17(14,15)13-8-6-12(2)7-9-13/h4-5H,3,6-9H2,1-2H3. The van der Waals surface area contributed by atoms with Crippen molar-refractivity contribution in [1.29, 1.82) is 0 Å². The molecule has 1 saturated heterocycles. The second kappa shape index (κ2) is 5.06. The first kappa shape index (κ1) is 13.0. The number of sulfonamides is 1. The number of likely N-dealkylation sites (N-methyl/N-ethyl adjacent to an activating group) is 1. The number of piperazine rings is 1. The van der Waals surface area contributed by atoms with Gasteiger partial charge in [-0.3, -0.25) is 0 Å². The summed E-state index contributed by atoms with van der Waals surface area (Å²) in [6, 6.07) is 3.64. The molecule has 0 saturated carbocycles.